The van der Waals surface area contributed by atoms with Crippen molar-refractivity contribution in [2.24, 2.45) is 5.73 Å². The van der Waals surface area contributed by atoms with Crippen LogP contribution in [0.5, 0.6) is 5.75 Å². The third-order valence-corrected chi connectivity index (χ3v) is 4.85. The lowest BCUT2D eigenvalue weighted by atomic mass is 9.99. The maximum atomic E-state index is 11.5. The quantitative estimate of drug-likeness (QED) is 0.724. The molecule has 0 spiro atoms. The molecule has 1 saturated heterocycles. The van der Waals surface area contributed by atoms with E-state index in [1.165, 1.54) is 0 Å². The zero-order chi connectivity index (χ0) is 12.5. The van der Waals surface area contributed by atoms with Gasteiger partial charge in [-0.05, 0) is 18.6 Å². The Bertz CT molecular complexity index is 515. The molecule has 1 heterocycles. The van der Waals surface area contributed by atoms with E-state index in [4.69, 9.17) is 5.73 Å². The minimum atomic E-state index is -3.00. The number of phenols is 1. The first-order valence-corrected chi connectivity index (χ1v) is 7.25. The minimum absolute atomic E-state index is 0.0478. The Labute approximate surface area is 101 Å². The molecule has 1 aliphatic heterocycles. The molecule has 2 rings (SSSR count). The summed E-state index contributed by atoms with van der Waals surface area (Å²) in [6.07, 6.45) is 0.501. The molecule has 0 saturated carbocycles. The molecule has 0 amide bonds. The third kappa shape index (κ3) is 2.70. The fourth-order valence-electron chi connectivity index (χ4n) is 2.12. The highest BCUT2D eigenvalue weighted by Gasteiger charge is 2.41. The van der Waals surface area contributed by atoms with Gasteiger partial charge < -0.3 is 16.2 Å². The van der Waals surface area contributed by atoms with E-state index in [1.54, 1.807) is 24.3 Å². The predicted molar refractivity (Wildman–Crippen MR) is 66.8 cm³/mol. The smallest absolute Gasteiger partial charge is 0.152 e. The molecule has 5 nitrogen and oxygen atoms in total. The normalized spacial score (nSPS) is 26.9. The van der Waals surface area contributed by atoms with Crippen molar-refractivity contribution in [1.82, 2.24) is 0 Å². The van der Waals surface area contributed by atoms with Crippen molar-refractivity contribution < 1.29 is 13.5 Å². The van der Waals surface area contributed by atoms with Gasteiger partial charge in [-0.15, -0.1) is 0 Å². The van der Waals surface area contributed by atoms with Crippen LogP contribution >= 0.6 is 0 Å². The fraction of sp³-hybridized carbons (Fsp3) is 0.455. The Balaban J connectivity index is 2.22. The molecule has 1 fully saturated rings. The zero-order valence-electron chi connectivity index (χ0n) is 9.39. The van der Waals surface area contributed by atoms with Gasteiger partial charge in [-0.1, -0.05) is 6.07 Å². The van der Waals surface area contributed by atoms with Gasteiger partial charge in [0.2, 0.25) is 0 Å². The maximum Gasteiger partial charge on any atom is 0.152 e. The summed E-state index contributed by atoms with van der Waals surface area (Å²) >= 11 is 0. The van der Waals surface area contributed by atoms with Gasteiger partial charge >= 0.3 is 0 Å². The summed E-state index contributed by atoms with van der Waals surface area (Å²) in [4.78, 5) is 0. The van der Waals surface area contributed by atoms with Gasteiger partial charge in [-0.2, -0.15) is 0 Å². The average molecular weight is 256 g/mol. The number of phenolic OH excluding ortho intramolecular Hbond substituents is 1. The Morgan fingerprint density at radius 2 is 2.24 bits per heavy atom. The highest BCUT2D eigenvalue weighted by molar-refractivity contribution is 7.91. The van der Waals surface area contributed by atoms with E-state index in [-0.39, 0.29) is 23.8 Å². The molecule has 0 aromatic heterocycles. The van der Waals surface area contributed by atoms with Crippen LogP contribution in [0.3, 0.4) is 0 Å². The summed E-state index contributed by atoms with van der Waals surface area (Å²) < 4.78 is 23.0. The first-order valence-electron chi connectivity index (χ1n) is 5.42. The van der Waals surface area contributed by atoms with Gasteiger partial charge in [0.1, 0.15) is 5.75 Å². The van der Waals surface area contributed by atoms with Gasteiger partial charge in [0.25, 0.3) is 0 Å². The Morgan fingerprint density at radius 3 is 2.76 bits per heavy atom. The number of hydrogen-bond donors (Lipinski definition) is 3. The predicted octanol–water partition coefficient (Wildman–Crippen LogP) is 0.320. The van der Waals surface area contributed by atoms with E-state index < -0.39 is 15.4 Å². The second-order valence-electron chi connectivity index (χ2n) is 4.50. The molecule has 1 aromatic carbocycles. The van der Waals surface area contributed by atoms with Crippen molar-refractivity contribution in [2.45, 2.75) is 12.0 Å². The van der Waals surface area contributed by atoms with E-state index in [0.717, 1.165) is 0 Å². The number of rotatable bonds is 3. The summed E-state index contributed by atoms with van der Waals surface area (Å²) in [6, 6.07) is 6.60. The van der Waals surface area contributed by atoms with Crippen molar-refractivity contribution in [2.75, 3.05) is 23.4 Å². The SMILES string of the molecule is NCC1(Nc2cccc(O)c2)CCS(=O)(=O)C1. The molecule has 0 aliphatic carbocycles. The van der Waals surface area contributed by atoms with E-state index in [2.05, 4.69) is 5.32 Å². The number of nitrogens with two attached hydrogens (primary N) is 1. The van der Waals surface area contributed by atoms with Crippen molar-refractivity contribution in [1.29, 1.82) is 0 Å². The molecule has 94 valence electrons. The summed E-state index contributed by atoms with van der Waals surface area (Å²) in [6.45, 7) is 0.252. The number of sulfone groups is 1. The first kappa shape index (κ1) is 12.2. The Morgan fingerprint density at radius 1 is 1.47 bits per heavy atom. The van der Waals surface area contributed by atoms with Crippen LogP contribution in [0.2, 0.25) is 0 Å². The van der Waals surface area contributed by atoms with Gasteiger partial charge in [-0.3, -0.25) is 0 Å². The van der Waals surface area contributed by atoms with Gasteiger partial charge in [-0.25, -0.2) is 8.42 Å². The van der Waals surface area contributed by atoms with E-state index in [9.17, 15) is 13.5 Å². The molecule has 1 aliphatic rings. The summed E-state index contributed by atoms with van der Waals surface area (Å²) in [5.74, 6) is 0.352. The molecule has 1 atom stereocenters. The molecule has 1 unspecified atom stereocenters. The van der Waals surface area contributed by atoms with E-state index in [1.807, 2.05) is 0 Å². The minimum Gasteiger partial charge on any atom is -0.508 e. The topological polar surface area (TPSA) is 92.4 Å². The molecule has 0 radical (unpaired) electrons. The van der Waals surface area contributed by atoms with Gasteiger partial charge in [0.15, 0.2) is 9.84 Å². The van der Waals surface area contributed by atoms with Crippen molar-refractivity contribution in [3.8, 4) is 5.75 Å². The van der Waals surface area contributed by atoms with Crippen LogP contribution in [0.15, 0.2) is 24.3 Å². The van der Waals surface area contributed by atoms with Crippen LogP contribution in [0.25, 0.3) is 0 Å². The molecule has 6 heteroatoms. The van der Waals surface area contributed by atoms with E-state index >= 15 is 0 Å². The molecular formula is C11H16N2O3S. The Kier molecular flexibility index (Phi) is 3.01. The highest BCUT2D eigenvalue weighted by Crippen LogP contribution is 2.28. The number of hydrogen-bond acceptors (Lipinski definition) is 5. The average Bonchev–Trinajstić information content (AvgIpc) is 2.55. The number of aromatic hydroxyl groups is 1. The van der Waals surface area contributed by atoms with Crippen molar-refractivity contribution in [3.63, 3.8) is 0 Å². The van der Waals surface area contributed by atoms with Crippen LogP contribution in [0.4, 0.5) is 5.69 Å². The fourth-order valence-corrected chi connectivity index (χ4v) is 4.14. The first-order chi connectivity index (χ1) is 7.95. The van der Waals surface area contributed by atoms with Crippen LogP contribution in [0, 0.1) is 0 Å². The van der Waals surface area contributed by atoms with Crippen molar-refractivity contribution in [3.05, 3.63) is 24.3 Å². The third-order valence-electron chi connectivity index (χ3n) is 3.03. The zero-order valence-corrected chi connectivity index (χ0v) is 10.2. The second kappa shape index (κ2) is 4.19. The van der Waals surface area contributed by atoms with Crippen LogP contribution in [-0.4, -0.2) is 37.1 Å². The van der Waals surface area contributed by atoms with Crippen LogP contribution in [0.1, 0.15) is 6.42 Å². The number of nitrogens with one attached hydrogen (secondary N) is 1. The van der Waals surface area contributed by atoms with E-state index in [0.29, 0.717) is 12.1 Å². The lowest BCUT2D eigenvalue weighted by Crippen LogP contribution is -2.46. The second-order valence-corrected chi connectivity index (χ2v) is 6.69. The lowest BCUT2D eigenvalue weighted by molar-refractivity contribution is 0.475. The monoisotopic (exact) mass is 256 g/mol. The number of benzene rings is 1. The molecule has 17 heavy (non-hydrogen) atoms. The van der Waals surface area contributed by atoms with Crippen molar-refractivity contribution >= 4 is 15.5 Å². The molecule has 0 bridgehead atoms. The largest absolute Gasteiger partial charge is 0.508 e. The maximum absolute atomic E-state index is 11.5. The summed E-state index contributed by atoms with van der Waals surface area (Å²) in [7, 11) is -3.00. The lowest BCUT2D eigenvalue weighted by Gasteiger charge is -2.28. The summed E-state index contributed by atoms with van der Waals surface area (Å²) in [5.41, 5.74) is 5.77. The standard InChI is InChI=1S/C11H16N2O3S/c12-7-11(4-5-17(15,16)8-11)13-9-2-1-3-10(14)6-9/h1-3,6,13-14H,4-5,7-8,12H2. The molecular weight excluding hydrogens is 240 g/mol. The van der Waals surface area contributed by atoms with Crippen LogP contribution in [-0.2, 0) is 9.84 Å². The molecule has 4 N–H and O–H groups in total. The Hall–Kier alpha value is -1.27. The summed E-state index contributed by atoms with van der Waals surface area (Å²) in [5, 5.41) is 12.5. The number of anilines is 1. The van der Waals surface area contributed by atoms with Gasteiger partial charge in [0, 0.05) is 18.3 Å². The van der Waals surface area contributed by atoms with Crippen LogP contribution < -0.4 is 11.1 Å². The molecule has 1 aromatic rings. The highest BCUT2D eigenvalue weighted by atomic mass is 32.2. The van der Waals surface area contributed by atoms with Gasteiger partial charge in [0.05, 0.1) is 17.0 Å².